The van der Waals surface area contributed by atoms with E-state index in [1.54, 1.807) is 12.1 Å². The lowest BCUT2D eigenvalue weighted by Crippen LogP contribution is -2.05. The van der Waals surface area contributed by atoms with Crippen molar-refractivity contribution in [2.45, 2.75) is 13.3 Å². The van der Waals surface area contributed by atoms with Gasteiger partial charge in [-0.3, -0.25) is 4.79 Å². The molecule has 2 rings (SSSR count). The Kier molecular flexibility index (Phi) is 3.42. The Morgan fingerprint density at radius 2 is 1.83 bits per heavy atom. The number of rotatable bonds is 3. The summed E-state index contributed by atoms with van der Waals surface area (Å²) in [6, 6.07) is 11.3. The number of carbonyl (C=O) groups excluding carboxylic acids is 1. The summed E-state index contributed by atoms with van der Waals surface area (Å²) in [5.74, 6) is -0.908. The molecule has 0 unspecified atom stereocenters. The van der Waals surface area contributed by atoms with E-state index in [1.165, 1.54) is 12.1 Å². The number of nitrogen functional groups attached to an aromatic ring is 1. The molecule has 0 fully saturated rings. The minimum Gasteiger partial charge on any atom is -0.399 e. The van der Waals surface area contributed by atoms with Gasteiger partial charge in [-0.1, -0.05) is 31.2 Å². The monoisotopic (exact) mass is 243 g/mol. The second kappa shape index (κ2) is 5.00. The number of anilines is 1. The van der Waals surface area contributed by atoms with Crippen molar-refractivity contribution in [3.05, 3.63) is 65.0 Å². The SMILES string of the molecule is CCc1ccc(C(=O)c2ccc(N)cc2F)cc1. The molecule has 2 nitrogen and oxygen atoms in total. The molecule has 0 saturated heterocycles. The molecule has 0 atom stereocenters. The molecular weight excluding hydrogens is 229 g/mol. The third-order valence-electron chi connectivity index (χ3n) is 2.86. The molecule has 0 spiro atoms. The minimum absolute atomic E-state index is 0.0495. The number of nitrogens with two attached hydrogens (primary N) is 1. The zero-order valence-electron chi connectivity index (χ0n) is 10.1. The van der Waals surface area contributed by atoms with Crippen LogP contribution in [0.4, 0.5) is 10.1 Å². The Labute approximate surface area is 105 Å². The van der Waals surface area contributed by atoms with Crippen LogP contribution in [0.15, 0.2) is 42.5 Å². The average Bonchev–Trinajstić information content (AvgIpc) is 2.38. The van der Waals surface area contributed by atoms with Gasteiger partial charge in [0.25, 0.3) is 0 Å². The molecule has 2 N–H and O–H groups in total. The summed E-state index contributed by atoms with van der Waals surface area (Å²) < 4.78 is 13.6. The second-order valence-corrected chi connectivity index (χ2v) is 4.12. The van der Waals surface area contributed by atoms with Gasteiger partial charge < -0.3 is 5.73 Å². The lowest BCUT2D eigenvalue weighted by Gasteiger charge is -2.04. The predicted molar refractivity (Wildman–Crippen MR) is 70.1 cm³/mol. The molecule has 2 aromatic rings. The van der Waals surface area contributed by atoms with E-state index >= 15 is 0 Å². The third kappa shape index (κ3) is 2.40. The number of ketones is 1. The van der Waals surface area contributed by atoms with Crippen molar-refractivity contribution in [2.75, 3.05) is 5.73 Å². The highest BCUT2D eigenvalue weighted by molar-refractivity contribution is 6.09. The highest BCUT2D eigenvalue weighted by Crippen LogP contribution is 2.17. The zero-order chi connectivity index (χ0) is 13.1. The van der Waals surface area contributed by atoms with E-state index in [9.17, 15) is 9.18 Å². The molecule has 18 heavy (non-hydrogen) atoms. The van der Waals surface area contributed by atoms with Gasteiger partial charge in [-0.2, -0.15) is 0 Å². The van der Waals surface area contributed by atoms with Crippen LogP contribution in [0.25, 0.3) is 0 Å². The van der Waals surface area contributed by atoms with Gasteiger partial charge in [0.2, 0.25) is 0 Å². The molecule has 0 radical (unpaired) electrons. The van der Waals surface area contributed by atoms with E-state index in [-0.39, 0.29) is 11.3 Å². The van der Waals surface area contributed by atoms with Gasteiger partial charge in [-0.15, -0.1) is 0 Å². The first kappa shape index (κ1) is 12.3. The van der Waals surface area contributed by atoms with Gasteiger partial charge in [0.15, 0.2) is 5.78 Å². The van der Waals surface area contributed by atoms with Crippen molar-refractivity contribution in [1.29, 1.82) is 0 Å². The minimum atomic E-state index is -0.584. The van der Waals surface area contributed by atoms with E-state index in [2.05, 4.69) is 0 Å². The summed E-state index contributed by atoms with van der Waals surface area (Å²) >= 11 is 0. The Morgan fingerprint density at radius 3 is 2.39 bits per heavy atom. The van der Waals surface area contributed by atoms with Crippen LogP contribution in [0.5, 0.6) is 0 Å². The lowest BCUT2D eigenvalue weighted by molar-refractivity contribution is 0.103. The third-order valence-corrected chi connectivity index (χ3v) is 2.86. The number of hydrogen-bond donors (Lipinski definition) is 1. The predicted octanol–water partition coefficient (Wildman–Crippen LogP) is 3.20. The summed E-state index contributed by atoms with van der Waals surface area (Å²) in [6.07, 6.45) is 0.907. The maximum Gasteiger partial charge on any atom is 0.195 e. The molecule has 0 aliphatic carbocycles. The molecule has 0 aliphatic heterocycles. The second-order valence-electron chi connectivity index (χ2n) is 4.12. The average molecular weight is 243 g/mol. The molecular formula is C15H14FNO. The quantitative estimate of drug-likeness (QED) is 0.664. The van der Waals surface area contributed by atoms with Crippen molar-refractivity contribution < 1.29 is 9.18 Å². The van der Waals surface area contributed by atoms with Crippen molar-refractivity contribution in [2.24, 2.45) is 0 Å². The largest absolute Gasteiger partial charge is 0.399 e. The Morgan fingerprint density at radius 1 is 1.17 bits per heavy atom. The van der Waals surface area contributed by atoms with Gasteiger partial charge in [0, 0.05) is 11.3 Å². The van der Waals surface area contributed by atoms with Gasteiger partial charge in [0.1, 0.15) is 5.82 Å². The lowest BCUT2D eigenvalue weighted by atomic mass is 10.0. The molecule has 92 valence electrons. The molecule has 3 heteroatoms. The number of hydrogen-bond acceptors (Lipinski definition) is 2. The van der Waals surface area contributed by atoms with E-state index in [0.29, 0.717) is 11.3 Å². The molecule has 0 amide bonds. The first-order valence-electron chi connectivity index (χ1n) is 5.80. The van der Waals surface area contributed by atoms with Gasteiger partial charge >= 0.3 is 0 Å². The fourth-order valence-electron chi connectivity index (χ4n) is 1.76. The summed E-state index contributed by atoms with van der Waals surface area (Å²) in [5.41, 5.74) is 7.44. The fraction of sp³-hybridized carbons (Fsp3) is 0.133. The molecule has 0 saturated carbocycles. The summed E-state index contributed by atoms with van der Waals surface area (Å²) in [6.45, 7) is 2.04. The first-order chi connectivity index (χ1) is 8.61. The van der Waals surface area contributed by atoms with E-state index in [0.717, 1.165) is 18.1 Å². The first-order valence-corrected chi connectivity index (χ1v) is 5.80. The maximum atomic E-state index is 13.6. The van der Waals surface area contributed by atoms with Crippen LogP contribution in [-0.2, 0) is 6.42 Å². The molecule has 2 aromatic carbocycles. The molecule has 0 heterocycles. The van der Waals surface area contributed by atoms with Crippen molar-refractivity contribution in [3.63, 3.8) is 0 Å². The van der Waals surface area contributed by atoms with E-state index < -0.39 is 5.82 Å². The van der Waals surface area contributed by atoms with Crippen molar-refractivity contribution >= 4 is 11.5 Å². The van der Waals surface area contributed by atoms with Gasteiger partial charge in [0.05, 0.1) is 5.56 Å². The van der Waals surface area contributed by atoms with Gasteiger partial charge in [-0.05, 0) is 30.2 Å². The maximum absolute atomic E-state index is 13.6. The van der Waals surface area contributed by atoms with E-state index in [1.807, 2.05) is 19.1 Å². The number of carbonyl (C=O) groups is 1. The summed E-state index contributed by atoms with van der Waals surface area (Å²) in [5, 5.41) is 0. The smallest absolute Gasteiger partial charge is 0.195 e. The highest BCUT2D eigenvalue weighted by atomic mass is 19.1. The number of aryl methyl sites for hydroxylation is 1. The highest BCUT2D eigenvalue weighted by Gasteiger charge is 2.13. The van der Waals surface area contributed by atoms with E-state index in [4.69, 9.17) is 5.73 Å². The van der Waals surface area contributed by atoms with Crippen LogP contribution < -0.4 is 5.73 Å². The summed E-state index contributed by atoms with van der Waals surface area (Å²) in [4.78, 5) is 12.1. The van der Waals surface area contributed by atoms with Gasteiger partial charge in [-0.25, -0.2) is 4.39 Å². The van der Waals surface area contributed by atoms with Crippen LogP contribution >= 0.6 is 0 Å². The van der Waals surface area contributed by atoms with Crippen LogP contribution in [0.1, 0.15) is 28.4 Å². The summed E-state index contributed by atoms with van der Waals surface area (Å²) in [7, 11) is 0. The van der Waals surface area contributed by atoms with Crippen molar-refractivity contribution in [1.82, 2.24) is 0 Å². The molecule has 0 bridgehead atoms. The normalized spacial score (nSPS) is 10.3. The Hall–Kier alpha value is -2.16. The Bertz CT molecular complexity index is 576. The number of halogens is 1. The Balaban J connectivity index is 2.35. The molecule has 0 aromatic heterocycles. The van der Waals surface area contributed by atoms with Crippen LogP contribution in [-0.4, -0.2) is 5.78 Å². The van der Waals surface area contributed by atoms with Crippen LogP contribution in [0.2, 0.25) is 0 Å². The topological polar surface area (TPSA) is 43.1 Å². The fourth-order valence-corrected chi connectivity index (χ4v) is 1.76. The standard InChI is InChI=1S/C15H14FNO/c1-2-10-3-5-11(6-4-10)15(18)13-8-7-12(17)9-14(13)16/h3-9H,2,17H2,1H3. The molecule has 0 aliphatic rings. The van der Waals surface area contributed by atoms with Crippen LogP contribution in [0, 0.1) is 5.82 Å². The zero-order valence-corrected chi connectivity index (χ0v) is 10.1. The van der Waals surface area contributed by atoms with Crippen molar-refractivity contribution in [3.8, 4) is 0 Å². The van der Waals surface area contributed by atoms with Crippen LogP contribution in [0.3, 0.4) is 0 Å². The number of benzene rings is 2.